The van der Waals surface area contributed by atoms with E-state index in [-0.39, 0.29) is 0 Å². The lowest BCUT2D eigenvalue weighted by atomic mass is 10.1. The fraction of sp³-hybridized carbons (Fsp3) is 0.429. The van der Waals surface area contributed by atoms with Gasteiger partial charge in [0.2, 0.25) is 0 Å². The largest absolute Gasteiger partial charge is 0.308 e. The van der Waals surface area contributed by atoms with Gasteiger partial charge in [-0.1, -0.05) is 6.42 Å². The van der Waals surface area contributed by atoms with Crippen molar-refractivity contribution in [3.63, 3.8) is 0 Å². The molecule has 4 nitrogen and oxygen atoms in total. The number of rotatable bonds is 2. The van der Waals surface area contributed by atoms with Crippen LogP contribution in [-0.4, -0.2) is 9.97 Å². The minimum absolute atomic E-state index is 0.798. The van der Waals surface area contributed by atoms with E-state index in [0.29, 0.717) is 0 Å². The molecular weight excluding hydrogens is 256 g/mol. The summed E-state index contributed by atoms with van der Waals surface area (Å²) in [5, 5.41) is 4.23. The first-order valence-corrected chi connectivity index (χ1v) is 7.63. The topological polar surface area (TPSA) is 63.8 Å². The van der Waals surface area contributed by atoms with Crippen molar-refractivity contribution in [2.24, 2.45) is 5.84 Å². The van der Waals surface area contributed by atoms with Gasteiger partial charge in [0.25, 0.3) is 0 Å². The lowest BCUT2D eigenvalue weighted by Gasteiger charge is -2.12. The Bertz CT molecular complexity index is 591. The maximum Gasteiger partial charge on any atom is 0.162 e. The first-order chi connectivity index (χ1) is 9.29. The summed E-state index contributed by atoms with van der Waals surface area (Å²) in [5.74, 6) is 7.24. The van der Waals surface area contributed by atoms with Crippen LogP contribution >= 0.6 is 11.3 Å². The third kappa shape index (κ3) is 2.35. The second-order valence-electron chi connectivity index (χ2n) is 4.99. The summed E-state index contributed by atoms with van der Waals surface area (Å²) < 4.78 is 0. The van der Waals surface area contributed by atoms with Crippen LogP contribution in [-0.2, 0) is 12.8 Å². The van der Waals surface area contributed by atoms with Crippen molar-refractivity contribution in [1.29, 1.82) is 0 Å². The van der Waals surface area contributed by atoms with E-state index >= 15 is 0 Å². The number of hydrazine groups is 1. The molecule has 0 atom stereocenters. The molecule has 0 unspecified atom stereocenters. The van der Waals surface area contributed by atoms with Crippen LogP contribution in [0.2, 0.25) is 0 Å². The van der Waals surface area contributed by atoms with Crippen LogP contribution in [0.1, 0.15) is 36.1 Å². The van der Waals surface area contributed by atoms with E-state index in [1.807, 2.05) is 0 Å². The lowest BCUT2D eigenvalue weighted by molar-refractivity contribution is 0.709. The van der Waals surface area contributed by atoms with Gasteiger partial charge in [0, 0.05) is 22.2 Å². The molecule has 2 aromatic rings. The van der Waals surface area contributed by atoms with Gasteiger partial charge in [-0.2, -0.15) is 11.3 Å². The molecule has 0 radical (unpaired) electrons. The molecule has 19 heavy (non-hydrogen) atoms. The fourth-order valence-electron chi connectivity index (χ4n) is 2.60. The SMILES string of the molecule is Cc1cscc1-c1nc2c(c(NN)n1)CCCCC2. The van der Waals surface area contributed by atoms with Crippen molar-refractivity contribution in [2.45, 2.75) is 39.0 Å². The lowest BCUT2D eigenvalue weighted by Crippen LogP contribution is -2.14. The van der Waals surface area contributed by atoms with Crippen molar-refractivity contribution in [2.75, 3.05) is 5.43 Å². The standard InChI is InChI=1S/C14H18N4S/c1-9-7-19-8-11(9)13-16-12-6-4-2-3-5-10(12)14(17-13)18-15/h7-8H,2-6,15H2,1H3,(H,16,17,18). The van der Waals surface area contributed by atoms with Gasteiger partial charge < -0.3 is 5.43 Å². The average molecular weight is 274 g/mol. The summed E-state index contributed by atoms with van der Waals surface area (Å²) in [6.07, 6.45) is 5.71. The number of thiophene rings is 1. The average Bonchev–Trinajstić information content (AvgIpc) is 2.71. The van der Waals surface area contributed by atoms with Crippen LogP contribution in [0.15, 0.2) is 10.8 Å². The highest BCUT2D eigenvalue weighted by atomic mass is 32.1. The predicted molar refractivity (Wildman–Crippen MR) is 79.2 cm³/mol. The highest BCUT2D eigenvalue weighted by molar-refractivity contribution is 7.08. The van der Waals surface area contributed by atoms with Gasteiger partial charge in [-0.3, -0.25) is 0 Å². The van der Waals surface area contributed by atoms with Gasteiger partial charge in [0.05, 0.1) is 0 Å². The molecule has 0 aliphatic heterocycles. The van der Waals surface area contributed by atoms with Crippen molar-refractivity contribution >= 4 is 17.2 Å². The molecule has 3 N–H and O–H groups in total. The van der Waals surface area contributed by atoms with Crippen LogP contribution in [0.3, 0.4) is 0 Å². The number of nitrogens with zero attached hydrogens (tertiary/aromatic N) is 2. The first-order valence-electron chi connectivity index (χ1n) is 6.69. The second kappa shape index (κ2) is 5.27. The molecule has 0 bridgehead atoms. The van der Waals surface area contributed by atoms with E-state index in [1.165, 1.54) is 36.1 Å². The first kappa shape index (κ1) is 12.6. The van der Waals surface area contributed by atoms with E-state index in [9.17, 15) is 0 Å². The van der Waals surface area contributed by atoms with Crippen molar-refractivity contribution in [3.05, 3.63) is 27.6 Å². The summed E-state index contributed by atoms with van der Waals surface area (Å²) in [4.78, 5) is 9.39. The number of nitrogens with one attached hydrogen (secondary N) is 1. The van der Waals surface area contributed by atoms with E-state index in [2.05, 4.69) is 28.1 Å². The third-order valence-corrected chi connectivity index (χ3v) is 4.53. The fourth-order valence-corrected chi connectivity index (χ4v) is 3.43. The number of anilines is 1. The Labute approximate surface area is 117 Å². The Morgan fingerprint density at radius 1 is 1.16 bits per heavy atom. The molecule has 0 saturated carbocycles. The number of hydrogen-bond donors (Lipinski definition) is 2. The maximum atomic E-state index is 5.65. The Morgan fingerprint density at radius 2 is 2.00 bits per heavy atom. The van der Waals surface area contributed by atoms with Crippen LogP contribution in [0.4, 0.5) is 5.82 Å². The molecule has 1 aliphatic rings. The smallest absolute Gasteiger partial charge is 0.162 e. The third-order valence-electron chi connectivity index (χ3n) is 3.67. The van der Waals surface area contributed by atoms with Crippen LogP contribution in [0, 0.1) is 6.92 Å². The zero-order valence-corrected chi connectivity index (χ0v) is 11.9. The van der Waals surface area contributed by atoms with E-state index < -0.39 is 0 Å². The van der Waals surface area contributed by atoms with Gasteiger partial charge >= 0.3 is 0 Å². The van der Waals surface area contributed by atoms with Crippen molar-refractivity contribution in [1.82, 2.24) is 9.97 Å². The molecule has 0 amide bonds. The molecule has 0 spiro atoms. The van der Waals surface area contributed by atoms with Gasteiger partial charge in [-0.25, -0.2) is 15.8 Å². The van der Waals surface area contributed by atoms with E-state index in [4.69, 9.17) is 10.8 Å². The molecule has 2 aromatic heterocycles. The quantitative estimate of drug-likeness (QED) is 0.502. The van der Waals surface area contributed by atoms with Gasteiger partial charge in [-0.05, 0) is 43.6 Å². The van der Waals surface area contributed by atoms with Crippen LogP contribution in [0.5, 0.6) is 0 Å². The Balaban J connectivity index is 2.13. The normalized spacial score (nSPS) is 14.8. The molecule has 100 valence electrons. The van der Waals surface area contributed by atoms with Crippen LogP contribution in [0.25, 0.3) is 11.4 Å². The number of hydrogen-bond acceptors (Lipinski definition) is 5. The zero-order chi connectivity index (χ0) is 13.2. The molecule has 0 saturated heterocycles. The molecule has 2 heterocycles. The summed E-state index contributed by atoms with van der Waals surface area (Å²) in [5.41, 5.74) is 7.47. The van der Waals surface area contributed by atoms with Crippen LogP contribution < -0.4 is 11.3 Å². The summed E-state index contributed by atoms with van der Waals surface area (Å²) in [6, 6.07) is 0. The van der Waals surface area contributed by atoms with E-state index in [0.717, 1.165) is 30.0 Å². The second-order valence-corrected chi connectivity index (χ2v) is 5.74. The summed E-state index contributed by atoms with van der Waals surface area (Å²) in [6.45, 7) is 2.09. The number of fused-ring (bicyclic) bond motifs is 1. The molecule has 0 aromatic carbocycles. The maximum absolute atomic E-state index is 5.65. The predicted octanol–water partition coefficient (Wildman–Crippen LogP) is 3.07. The molecule has 3 rings (SSSR count). The molecule has 1 aliphatic carbocycles. The van der Waals surface area contributed by atoms with Crippen molar-refractivity contribution in [3.8, 4) is 11.4 Å². The monoisotopic (exact) mass is 274 g/mol. The number of aromatic nitrogens is 2. The Hall–Kier alpha value is -1.46. The minimum atomic E-state index is 0.798. The highest BCUT2D eigenvalue weighted by Gasteiger charge is 2.17. The molecular formula is C14H18N4S. The minimum Gasteiger partial charge on any atom is -0.308 e. The molecule has 0 fully saturated rings. The molecule has 5 heteroatoms. The summed E-state index contributed by atoms with van der Waals surface area (Å²) >= 11 is 1.68. The summed E-state index contributed by atoms with van der Waals surface area (Å²) in [7, 11) is 0. The van der Waals surface area contributed by atoms with Crippen molar-refractivity contribution < 1.29 is 0 Å². The number of nitrogens with two attached hydrogens (primary N) is 1. The zero-order valence-electron chi connectivity index (χ0n) is 11.1. The van der Waals surface area contributed by atoms with E-state index in [1.54, 1.807) is 11.3 Å². The Kier molecular flexibility index (Phi) is 3.48. The number of aryl methyl sites for hydroxylation is 2. The number of nitrogen functional groups attached to an aromatic ring is 1. The van der Waals surface area contributed by atoms with Gasteiger partial charge in [0.15, 0.2) is 5.82 Å². The van der Waals surface area contributed by atoms with Gasteiger partial charge in [-0.15, -0.1) is 0 Å². The Morgan fingerprint density at radius 3 is 2.74 bits per heavy atom. The highest BCUT2D eigenvalue weighted by Crippen LogP contribution is 2.29. The van der Waals surface area contributed by atoms with Gasteiger partial charge in [0.1, 0.15) is 5.82 Å².